The molecule has 0 bridgehead atoms. The molecule has 1 aromatic carbocycles. The van der Waals surface area contributed by atoms with Crippen molar-refractivity contribution in [3.8, 4) is 0 Å². The van der Waals surface area contributed by atoms with Gasteiger partial charge in [-0.15, -0.1) is 0 Å². The van der Waals surface area contributed by atoms with E-state index in [1.165, 1.54) is 0 Å². The van der Waals surface area contributed by atoms with Gasteiger partial charge >= 0.3 is 6.18 Å². The minimum absolute atomic E-state index is 0.102. The van der Waals surface area contributed by atoms with Gasteiger partial charge in [-0.3, -0.25) is 0 Å². The largest absolute Gasteiger partial charge is 0.416 e. The first-order chi connectivity index (χ1) is 9.36. The van der Waals surface area contributed by atoms with E-state index in [9.17, 15) is 17.6 Å². The molecule has 0 spiro atoms. The third-order valence-corrected chi connectivity index (χ3v) is 3.74. The summed E-state index contributed by atoms with van der Waals surface area (Å²) in [6.45, 7) is 1.19. The Balaban J connectivity index is 1.97. The van der Waals surface area contributed by atoms with Crippen molar-refractivity contribution in [3.05, 3.63) is 29.6 Å². The van der Waals surface area contributed by atoms with Crippen LogP contribution in [0.4, 0.5) is 23.2 Å². The van der Waals surface area contributed by atoms with Crippen LogP contribution in [0.25, 0.3) is 0 Å². The number of hydrogen-bond acceptors (Lipinski definition) is 2. The third kappa shape index (κ3) is 3.62. The van der Waals surface area contributed by atoms with E-state index in [1.807, 2.05) is 0 Å². The van der Waals surface area contributed by atoms with Gasteiger partial charge in [0.15, 0.2) is 0 Å². The van der Waals surface area contributed by atoms with E-state index in [2.05, 4.69) is 5.32 Å². The topological polar surface area (TPSA) is 21.3 Å². The maximum Gasteiger partial charge on any atom is 0.416 e. The molecule has 1 aromatic rings. The zero-order chi connectivity index (χ0) is 14.8. The summed E-state index contributed by atoms with van der Waals surface area (Å²) in [6, 6.07) is 2.56. The van der Waals surface area contributed by atoms with Gasteiger partial charge in [0, 0.05) is 20.3 Å². The third-order valence-electron chi connectivity index (χ3n) is 3.74. The Bertz CT molecular complexity index is 469. The first kappa shape index (κ1) is 15.1. The van der Waals surface area contributed by atoms with E-state index < -0.39 is 17.6 Å². The van der Waals surface area contributed by atoms with E-state index in [1.54, 1.807) is 7.11 Å². The monoisotopic (exact) mass is 291 g/mol. The Hall–Kier alpha value is -1.30. The summed E-state index contributed by atoms with van der Waals surface area (Å²) in [7, 11) is 1.62. The molecule has 6 heteroatoms. The van der Waals surface area contributed by atoms with Crippen molar-refractivity contribution in [1.29, 1.82) is 0 Å². The van der Waals surface area contributed by atoms with Crippen LogP contribution < -0.4 is 5.32 Å². The van der Waals surface area contributed by atoms with Gasteiger partial charge in [-0.05, 0) is 42.9 Å². The molecule has 1 aliphatic carbocycles. The van der Waals surface area contributed by atoms with E-state index in [-0.39, 0.29) is 11.1 Å². The highest BCUT2D eigenvalue weighted by Gasteiger charge is 2.41. The highest BCUT2D eigenvalue weighted by Crippen LogP contribution is 2.48. The summed E-state index contributed by atoms with van der Waals surface area (Å²) < 4.78 is 55.9. The molecule has 20 heavy (non-hydrogen) atoms. The zero-order valence-corrected chi connectivity index (χ0v) is 11.2. The van der Waals surface area contributed by atoms with Crippen molar-refractivity contribution >= 4 is 5.69 Å². The second kappa shape index (κ2) is 5.60. The minimum Gasteiger partial charge on any atom is -0.385 e. The van der Waals surface area contributed by atoms with Crippen LogP contribution in [0.2, 0.25) is 0 Å². The van der Waals surface area contributed by atoms with E-state index in [0.29, 0.717) is 19.2 Å². The summed E-state index contributed by atoms with van der Waals surface area (Å²) in [5.41, 5.74) is -0.756. The smallest absolute Gasteiger partial charge is 0.385 e. The Morgan fingerprint density at radius 1 is 1.30 bits per heavy atom. The normalized spacial score (nSPS) is 17.1. The average Bonchev–Trinajstić information content (AvgIpc) is 3.14. The number of benzene rings is 1. The SMILES string of the molecule is COCCC1(CNc2ccc(C(F)(F)F)cc2F)CC1. The second-order valence-corrected chi connectivity index (χ2v) is 5.29. The summed E-state index contributed by atoms with van der Waals surface area (Å²) >= 11 is 0. The molecule has 1 saturated carbocycles. The van der Waals surface area contributed by atoms with Crippen molar-refractivity contribution in [2.45, 2.75) is 25.4 Å². The molecule has 0 radical (unpaired) electrons. The molecule has 1 fully saturated rings. The summed E-state index contributed by atoms with van der Waals surface area (Å²) in [6.07, 6.45) is -1.58. The lowest BCUT2D eigenvalue weighted by molar-refractivity contribution is -0.137. The van der Waals surface area contributed by atoms with Crippen LogP contribution in [0.15, 0.2) is 18.2 Å². The molecule has 0 heterocycles. The van der Waals surface area contributed by atoms with Gasteiger partial charge in [0.2, 0.25) is 0 Å². The van der Waals surface area contributed by atoms with Crippen LogP contribution in [0, 0.1) is 11.2 Å². The number of hydrogen-bond donors (Lipinski definition) is 1. The van der Waals surface area contributed by atoms with Crippen LogP contribution >= 0.6 is 0 Å². The van der Waals surface area contributed by atoms with Crippen LogP contribution in [-0.2, 0) is 10.9 Å². The van der Waals surface area contributed by atoms with Gasteiger partial charge < -0.3 is 10.1 Å². The number of methoxy groups -OCH3 is 1. The number of halogens is 4. The average molecular weight is 291 g/mol. The molecule has 0 aliphatic heterocycles. The summed E-state index contributed by atoms with van der Waals surface area (Å²) in [5.74, 6) is -0.873. The summed E-state index contributed by atoms with van der Waals surface area (Å²) in [4.78, 5) is 0. The molecule has 0 aromatic heterocycles. The van der Waals surface area contributed by atoms with Crippen molar-refractivity contribution in [2.75, 3.05) is 25.6 Å². The van der Waals surface area contributed by atoms with Crippen LogP contribution in [0.1, 0.15) is 24.8 Å². The second-order valence-electron chi connectivity index (χ2n) is 5.29. The van der Waals surface area contributed by atoms with Crippen molar-refractivity contribution in [1.82, 2.24) is 0 Å². The number of alkyl halides is 3. The molecule has 112 valence electrons. The van der Waals surface area contributed by atoms with Crippen molar-refractivity contribution in [3.63, 3.8) is 0 Å². The molecule has 0 unspecified atom stereocenters. The molecule has 1 aliphatic rings. The fourth-order valence-electron chi connectivity index (χ4n) is 2.13. The molecular formula is C14H17F4NO. The quantitative estimate of drug-likeness (QED) is 0.798. The number of ether oxygens (including phenoxy) is 1. The highest BCUT2D eigenvalue weighted by atomic mass is 19.4. The fourth-order valence-corrected chi connectivity index (χ4v) is 2.13. The minimum atomic E-state index is -4.52. The van der Waals surface area contributed by atoms with Gasteiger partial charge in [0.25, 0.3) is 0 Å². The Labute approximate surface area is 115 Å². The van der Waals surface area contributed by atoms with Crippen LogP contribution in [0.3, 0.4) is 0 Å². The highest BCUT2D eigenvalue weighted by molar-refractivity contribution is 5.47. The lowest BCUT2D eigenvalue weighted by Gasteiger charge is -2.17. The molecule has 0 atom stereocenters. The van der Waals surface area contributed by atoms with E-state index in [4.69, 9.17) is 4.74 Å². The van der Waals surface area contributed by atoms with Crippen LogP contribution in [0.5, 0.6) is 0 Å². The fraction of sp³-hybridized carbons (Fsp3) is 0.571. The Morgan fingerprint density at radius 3 is 2.50 bits per heavy atom. The number of nitrogens with one attached hydrogen (secondary N) is 1. The van der Waals surface area contributed by atoms with Gasteiger partial charge in [-0.2, -0.15) is 13.2 Å². The predicted octanol–water partition coefficient (Wildman–Crippen LogP) is 4.07. The molecule has 0 saturated heterocycles. The zero-order valence-electron chi connectivity index (χ0n) is 11.2. The predicted molar refractivity (Wildman–Crippen MR) is 68.1 cm³/mol. The van der Waals surface area contributed by atoms with E-state index >= 15 is 0 Å². The van der Waals surface area contributed by atoms with Gasteiger partial charge in [-0.1, -0.05) is 0 Å². The molecular weight excluding hydrogens is 274 g/mol. The maximum absolute atomic E-state index is 13.6. The molecule has 2 nitrogen and oxygen atoms in total. The van der Waals surface area contributed by atoms with Crippen molar-refractivity contribution < 1.29 is 22.3 Å². The van der Waals surface area contributed by atoms with Gasteiger partial charge in [0.1, 0.15) is 5.82 Å². The number of rotatable bonds is 6. The van der Waals surface area contributed by atoms with Crippen molar-refractivity contribution in [2.24, 2.45) is 5.41 Å². The number of anilines is 1. The molecule has 2 rings (SSSR count). The Morgan fingerprint density at radius 2 is 2.00 bits per heavy atom. The van der Waals surface area contributed by atoms with Gasteiger partial charge in [0.05, 0.1) is 11.3 Å². The molecule has 0 amide bonds. The summed E-state index contributed by atoms with van der Waals surface area (Å²) in [5, 5.41) is 2.91. The lowest BCUT2D eigenvalue weighted by atomic mass is 10.0. The standard InChI is InChI=1S/C14H17F4NO/c1-20-7-6-13(4-5-13)9-19-12-3-2-10(8-11(12)15)14(16,17)18/h2-3,8,19H,4-7,9H2,1H3. The van der Waals surface area contributed by atoms with E-state index in [0.717, 1.165) is 31.4 Å². The molecule has 1 N–H and O–H groups in total. The van der Waals surface area contributed by atoms with Crippen LogP contribution in [-0.4, -0.2) is 20.3 Å². The first-order valence-electron chi connectivity index (χ1n) is 6.46. The maximum atomic E-state index is 13.6. The lowest BCUT2D eigenvalue weighted by Crippen LogP contribution is -2.18. The first-order valence-corrected chi connectivity index (χ1v) is 6.46. The van der Waals surface area contributed by atoms with Gasteiger partial charge in [-0.25, -0.2) is 4.39 Å². The Kier molecular flexibility index (Phi) is 4.22.